The van der Waals surface area contributed by atoms with Crippen molar-refractivity contribution in [3.05, 3.63) is 29.7 Å². The first-order valence-corrected chi connectivity index (χ1v) is 7.79. The highest BCUT2D eigenvalue weighted by Gasteiger charge is 2.27. The van der Waals surface area contributed by atoms with Crippen LogP contribution in [-0.4, -0.2) is 48.1 Å². The molecule has 3 heteroatoms. The summed E-state index contributed by atoms with van der Waals surface area (Å²) in [6.07, 6.45) is 5.11. The van der Waals surface area contributed by atoms with E-state index in [0.717, 1.165) is 18.8 Å². The number of rotatable bonds is 5. The van der Waals surface area contributed by atoms with E-state index < -0.39 is 0 Å². The minimum atomic E-state index is 0.654. The lowest BCUT2D eigenvalue weighted by atomic mass is 10.1. The summed E-state index contributed by atoms with van der Waals surface area (Å²) < 4.78 is 5.38. The average Bonchev–Trinajstić information content (AvgIpc) is 2.90. The van der Waals surface area contributed by atoms with E-state index >= 15 is 0 Å². The van der Waals surface area contributed by atoms with E-state index in [0.29, 0.717) is 12.1 Å². The topological polar surface area (TPSA) is 19.6 Å². The molecule has 0 saturated carbocycles. The van der Waals surface area contributed by atoms with Gasteiger partial charge in [0.2, 0.25) is 0 Å². The molecule has 0 aromatic carbocycles. The molecule has 0 spiro atoms. The second kappa shape index (κ2) is 7.09. The summed E-state index contributed by atoms with van der Waals surface area (Å²) in [5.74, 6) is 0.954. The fourth-order valence-corrected chi connectivity index (χ4v) is 3.14. The number of hydrogen-bond acceptors (Lipinski definition) is 3. The molecule has 1 fully saturated rings. The van der Waals surface area contributed by atoms with Crippen molar-refractivity contribution in [3.8, 4) is 0 Å². The average molecular weight is 276 g/mol. The monoisotopic (exact) mass is 276 g/mol. The Hall–Kier alpha value is -1.06. The highest BCUT2D eigenvalue weighted by molar-refractivity contribution is 5.46. The van der Waals surface area contributed by atoms with Gasteiger partial charge in [0.15, 0.2) is 0 Å². The molecule has 0 amide bonds. The second-order valence-electron chi connectivity index (χ2n) is 6.13. The van der Waals surface area contributed by atoms with Crippen molar-refractivity contribution in [2.45, 2.75) is 46.2 Å². The maximum atomic E-state index is 5.38. The molecular formula is C17H28N2O. The molecule has 2 heterocycles. The lowest BCUT2D eigenvalue weighted by molar-refractivity contribution is 0.0541. The Morgan fingerprint density at radius 3 is 2.85 bits per heavy atom. The zero-order valence-electron chi connectivity index (χ0n) is 13.3. The van der Waals surface area contributed by atoms with Crippen LogP contribution in [0.2, 0.25) is 0 Å². The summed E-state index contributed by atoms with van der Waals surface area (Å²) in [5, 5.41) is 0. The number of hydrogen-bond donors (Lipinski definition) is 0. The maximum absolute atomic E-state index is 5.38. The molecule has 20 heavy (non-hydrogen) atoms. The highest BCUT2D eigenvalue weighted by atomic mass is 16.3. The fraction of sp³-hybridized carbons (Fsp3) is 0.647. The smallest absolute Gasteiger partial charge is 0.126 e. The number of furan rings is 1. The van der Waals surface area contributed by atoms with Crippen LogP contribution in [0.15, 0.2) is 28.4 Å². The number of piperazine rings is 1. The molecule has 1 aromatic rings. The van der Waals surface area contributed by atoms with Gasteiger partial charge in [-0.15, -0.1) is 0 Å². The third-order valence-electron chi connectivity index (χ3n) is 4.15. The molecule has 112 valence electrons. The van der Waals surface area contributed by atoms with Crippen LogP contribution >= 0.6 is 0 Å². The normalized spacial score (nSPS) is 22.6. The molecule has 1 aliphatic rings. The molecule has 0 N–H and O–H groups in total. The van der Waals surface area contributed by atoms with E-state index in [2.05, 4.69) is 43.6 Å². The fourth-order valence-electron chi connectivity index (χ4n) is 3.14. The Morgan fingerprint density at radius 2 is 2.25 bits per heavy atom. The van der Waals surface area contributed by atoms with Gasteiger partial charge in [-0.25, -0.2) is 0 Å². The van der Waals surface area contributed by atoms with Gasteiger partial charge in [0.1, 0.15) is 5.76 Å². The Labute approximate surface area is 123 Å². The van der Waals surface area contributed by atoms with Crippen LogP contribution in [0, 0.1) is 0 Å². The van der Waals surface area contributed by atoms with E-state index in [1.54, 1.807) is 6.26 Å². The van der Waals surface area contributed by atoms with Gasteiger partial charge in [-0.3, -0.25) is 9.80 Å². The van der Waals surface area contributed by atoms with Gasteiger partial charge in [-0.1, -0.05) is 12.5 Å². The van der Waals surface area contributed by atoms with Gasteiger partial charge in [0.25, 0.3) is 0 Å². The molecule has 1 aromatic heterocycles. The second-order valence-corrected chi connectivity index (χ2v) is 6.13. The lowest BCUT2D eigenvalue weighted by Gasteiger charge is -2.43. The quantitative estimate of drug-likeness (QED) is 0.821. The predicted octanol–water partition coefficient (Wildman–Crippen LogP) is 3.49. The summed E-state index contributed by atoms with van der Waals surface area (Å²) in [6, 6.07) is 5.30. The summed E-state index contributed by atoms with van der Waals surface area (Å²) in [5.41, 5.74) is 1.37. The Balaban J connectivity index is 1.91. The molecule has 0 radical (unpaired) electrons. The van der Waals surface area contributed by atoms with Crippen LogP contribution in [0.4, 0.5) is 0 Å². The standard InChI is InChI=1S/C17H28N2O/c1-5-16-13-18(8-9-19(16)14(2)3)12-15(4)11-17-7-6-10-20-17/h6-7,10-11,14,16H,5,8-9,12-13H2,1-4H3/b15-11+. The van der Waals surface area contributed by atoms with Crippen LogP contribution in [0.5, 0.6) is 0 Å². The Morgan fingerprint density at radius 1 is 1.45 bits per heavy atom. The van der Waals surface area contributed by atoms with Crippen LogP contribution in [0.3, 0.4) is 0 Å². The first kappa shape index (κ1) is 15.3. The molecule has 1 atom stereocenters. The van der Waals surface area contributed by atoms with Crippen molar-refractivity contribution in [2.75, 3.05) is 26.2 Å². The predicted molar refractivity (Wildman–Crippen MR) is 84.7 cm³/mol. The minimum absolute atomic E-state index is 0.654. The van der Waals surface area contributed by atoms with Crippen LogP contribution in [0.25, 0.3) is 6.08 Å². The largest absolute Gasteiger partial charge is 0.465 e. The Kier molecular flexibility index (Phi) is 5.44. The molecular weight excluding hydrogens is 248 g/mol. The van der Waals surface area contributed by atoms with Crippen molar-refractivity contribution < 1.29 is 4.42 Å². The third kappa shape index (κ3) is 3.97. The van der Waals surface area contributed by atoms with Gasteiger partial charge in [-0.05, 0) is 45.4 Å². The van der Waals surface area contributed by atoms with Gasteiger partial charge in [0, 0.05) is 38.3 Å². The zero-order valence-corrected chi connectivity index (χ0v) is 13.3. The molecule has 1 aliphatic heterocycles. The maximum Gasteiger partial charge on any atom is 0.126 e. The van der Waals surface area contributed by atoms with Crippen molar-refractivity contribution in [2.24, 2.45) is 0 Å². The van der Waals surface area contributed by atoms with E-state index in [1.165, 1.54) is 25.1 Å². The molecule has 1 unspecified atom stereocenters. The molecule has 0 bridgehead atoms. The van der Waals surface area contributed by atoms with Crippen molar-refractivity contribution in [1.82, 2.24) is 9.80 Å². The SMILES string of the molecule is CCC1CN(C/C(C)=C/c2ccco2)CCN1C(C)C. The van der Waals surface area contributed by atoms with Crippen LogP contribution in [0.1, 0.15) is 39.9 Å². The summed E-state index contributed by atoms with van der Waals surface area (Å²) >= 11 is 0. The van der Waals surface area contributed by atoms with Gasteiger partial charge < -0.3 is 4.42 Å². The first-order valence-electron chi connectivity index (χ1n) is 7.79. The molecule has 2 rings (SSSR count). The van der Waals surface area contributed by atoms with E-state index in [1.807, 2.05) is 12.1 Å². The van der Waals surface area contributed by atoms with Gasteiger partial charge in [0.05, 0.1) is 6.26 Å². The lowest BCUT2D eigenvalue weighted by Crippen LogP contribution is -2.55. The van der Waals surface area contributed by atoms with E-state index in [9.17, 15) is 0 Å². The summed E-state index contributed by atoms with van der Waals surface area (Å²) in [6.45, 7) is 13.7. The molecule has 3 nitrogen and oxygen atoms in total. The Bertz CT molecular complexity index is 422. The summed E-state index contributed by atoms with van der Waals surface area (Å²) in [4.78, 5) is 5.21. The van der Waals surface area contributed by atoms with Crippen LogP contribution < -0.4 is 0 Å². The van der Waals surface area contributed by atoms with E-state index in [4.69, 9.17) is 4.42 Å². The summed E-state index contributed by atoms with van der Waals surface area (Å²) in [7, 11) is 0. The van der Waals surface area contributed by atoms with E-state index in [-0.39, 0.29) is 0 Å². The molecule has 1 saturated heterocycles. The minimum Gasteiger partial charge on any atom is -0.465 e. The van der Waals surface area contributed by atoms with Crippen molar-refractivity contribution >= 4 is 6.08 Å². The number of nitrogens with zero attached hydrogens (tertiary/aromatic N) is 2. The van der Waals surface area contributed by atoms with Crippen molar-refractivity contribution in [3.63, 3.8) is 0 Å². The van der Waals surface area contributed by atoms with Crippen LogP contribution in [-0.2, 0) is 0 Å². The third-order valence-corrected chi connectivity index (χ3v) is 4.15. The highest BCUT2D eigenvalue weighted by Crippen LogP contribution is 2.17. The first-order chi connectivity index (χ1) is 9.60. The zero-order chi connectivity index (χ0) is 14.5. The molecule has 0 aliphatic carbocycles. The van der Waals surface area contributed by atoms with Crippen molar-refractivity contribution in [1.29, 1.82) is 0 Å². The van der Waals surface area contributed by atoms with Gasteiger partial charge >= 0.3 is 0 Å². The van der Waals surface area contributed by atoms with Gasteiger partial charge in [-0.2, -0.15) is 0 Å².